The topological polar surface area (TPSA) is 101 Å². The van der Waals surface area contributed by atoms with Crippen molar-refractivity contribution in [2.45, 2.75) is 6.92 Å². The third-order valence-corrected chi connectivity index (χ3v) is 2.80. The van der Waals surface area contributed by atoms with Crippen LogP contribution in [0, 0.1) is 0 Å². The van der Waals surface area contributed by atoms with Gasteiger partial charge in [-0.2, -0.15) is 0 Å². The van der Waals surface area contributed by atoms with Crippen molar-refractivity contribution in [1.82, 2.24) is 4.72 Å². The highest BCUT2D eigenvalue weighted by atomic mass is 32.2. The summed E-state index contributed by atoms with van der Waals surface area (Å²) in [7, 11) is -3.63. The molecular formula is C9H13N3O3S. The van der Waals surface area contributed by atoms with Crippen molar-refractivity contribution in [3.05, 3.63) is 24.3 Å². The molecule has 0 fully saturated rings. The molecule has 0 aliphatic rings. The van der Waals surface area contributed by atoms with Gasteiger partial charge in [-0.3, -0.25) is 9.52 Å². The van der Waals surface area contributed by atoms with E-state index in [1.165, 1.54) is 0 Å². The summed E-state index contributed by atoms with van der Waals surface area (Å²) in [5.41, 5.74) is 6.68. The molecule has 16 heavy (non-hydrogen) atoms. The minimum Gasteiger partial charge on any atom is -0.399 e. The first kappa shape index (κ1) is 12.3. The van der Waals surface area contributed by atoms with Crippen molar-refractivity contribution in [2.75, 3.05) is 16.9 Å². The quantitative estimate of drug-likeness (QED) is 0.651. The molecule has 1 aromatic rings. The number of amides is 1. The van der Waals surface area contributed by atoms with Crippen LogP contribution in [0.15, 0.2) is 24.3 Å². The van der Waals surface area contributed by atoms with Gasteiger partial charge >= 0.3 is 0 Å². The predicted octanol–water partition coefficient (Wildman–Crippen LogP) is 0.104. The van der Waals surface area contributed by atoms with Crippen LogP contribution in [0.2, 0.25) is 0 Å². The van der Waals surface area contributed by atoms with Crippen LogP contribution in [0.4, 0.5) is 11.4 Å². The summed E-state index contributed by atoms with van der Waals surface area (Å²) in [6.45, 7) is 1.14. The molecule has 1 rings (SSSR count). The second kappa shape index (κ2) is 4.84. The van der Waals surface area contributed by atoms with Crippen LogP contribution in [0.5, 0.6) is 0 Å². The molecule has 0 bridgehead atoms. The lowest BCUT2D eigenvalue weighted by atomic mass is 10.3. The maximum absolute atomic E-state index is 11.3. The van der Waals surface area contributed by atoms with Crippen LogP contribution in [-0.4, -0.2) is 20.2 Å². The number of nitrogen functional groups attached to an aromatic ring is 1. The van der Waals surface area contributed by atoms with Crippen molar-refractivity contribution in [1.29, 1.82) is 0 Å². The third kappa shape index (κ3) is 4.18. The molecule has 1 amide bonds. The number of carbonyl (C=O) groups excluding carboxylic acids is 1. The Hall–Kier alpha value is -1.76. The van der Waals surface area contributed by atoms with Crippen LogP contribution in [0.1, 0.15) is 6.92 Å². The van der Waals surface area contributed by atoms with E-state index in [-0.39, 0.29) is 5.88 Å². The number of anilines is 2. The lowest BCUT2D eigenvalue weighted by Gasteiger charge is -2.07. The molecule has 0 atom stereocenters. The van der Waals surface area contributed by atoms with Gasteiger partial charge in [-0.15, -0.1) is 0 Å². The highest BCUT2D eigenvalue weighted by Gasteiger charge is 2.10. The molecule has 1 aromatic carbocycles. The number of carbonyl (C=O) groups is 1. The van der Waals surface area contributed by atoms with Gasteiger partial charge in [0.25, 0.3) is 10.0 Å². The molecule has 0 aliphatic carbocycles. The van der Waals surface area contributed by atoms with E-state index in [0.29, 0.717) is 11.4 Å². The number of benzene rings is 1. The van der Waals surface area contributed by atoms with Gasteiger partial charge in [0.2, 0.25) is 5.91 Å². The first-order valence-electron chi connectivity index (χ1n) is 4.49. The van der Waals surface area contributed by atoms with Gasteiger partial charge in [0, 0.05) is 18.3 Å². The average Bonchev–Trinajstić information content (AvgIpc) is 2.15. The first-order valence-corrected chi connectivity index (χ1v) is 6.15. The van der Waals surface area contributed by atoms with E-state index in [9.17, 15) is 13.2 Å². The Labute approximate surface area is 93.9 Å². The maximum atomic E-state index is 11.3. The molecular weight excluding hydrogens is 230 g/mol. The number of hydrogen-bond acceptors (Lipinski definition) is 5. The number of sulfonamides is 1. The van der Waals surface area contributed by atoms with E-state index in [0.717, 1.165) is 6.92 Å². The van der Waals surface area contributed by atoms with Gasteiger partial charge in [-0.25, -0.2) is 8.42 Å². The largest absolute Gasteiger partial charge is 0.399 e. The molecule has 0 saturated carbocycles. The average molecular weight is 243 g/mol. The zero-order chi connectivity index (χ0) is 12.2. The van der Waals surface area contributed by atoms with E-state index in [2.05, 4.69) is 5.32 Å². The zero-order valence-electron chi connectivity index (χ0n) is 8.73. The van der Waals surface area contributed by atoms with Crippen LogP contribution >= 0.6 is 0 Å². The molecule has 4 N–H and O–H groups in total. The van der Waals surface area contributed by atoms with Gasteiger partial charge in [0.1, 0.15) is 5.88 Å². The highest BCUT2D eigenvalue weighted by molar-refractivity contribution is 7.90. The maximum Gasteiger partial charge on any atom is 0.253 e. The fraction of sp³-hybridized carbons (Fsp3) is 0.222. The Kier molecular flexibility index (Phi) is 3.73. The van der Waals surface area contributed by atoms with Gasteiger partial charge in [0.05, 0.1) is 0 Å². The standard InChI is InChI=1S/C9H13N3O3S/c1-7(13)12-16(14,15)6-11-9-4-2-8(10)3-5-9/h2-5,11H,6,10H2,1H3,(H,12,13). The van der Waals surface area contributed by atoms with Crippen LogP contribution < -0.4 is 15.8 Å². The number of hydrogen-bond donors (Lipinski definition) is 3. The normalized spacial score (nSPS) is 10.8. The summed E-state index contributed by atoms with van der Waals surface area (Å²) < 4.78 is 24.4. The summed E-state index contributed by atoms with van der Waals surface area (Å²) in [6.07, 6.45) is 0. The van der Waals surface area contributed by atoms with E-state index in [1.807, 2.05) is 4.72 Å². The predicted molar refractivity (Wildman–Crippen MR) is 62.1 cm³/mol. The summed E-state index contributed by atoms with van der Waals surface area (Å²) in [4.78, 5) is 10.6. The molecule has 0 unspecified atom stereocenters. The SMILES string of the molecule is CC(=O)NS(=O)(=O)CNc1ccc(N)cc1. The van der Waals surface area contributed by atoms with Crippen molar-refractivity contribution >= 4 is 27.3 Å². The number of nitrogens with one attached hydrogen (secondary N) is 2. The molecule has 0 aliphatic heterocycles. The second-order valence-electron chi connectivity index (χ2n) is 3.22. The van der Waals surface area contributed by atoms with E-state index in [1.54, 1.807) is 24.3 Å². The minimum absolute atomic E-state index is 0.365. The van der Waals surface area contributed by atoms with Crippen LogP contribution in [0.3, 0.4) is 0 Å². The Morgan fingerprint density at radius 2 is 1.88 bits per heavy atom. The van der Waals surface area contributed by atoms with Gasteiger partial charge in [-0.05, 0) is 24.3 Å². The monoisotopic (exact) mass is 243 g/mol. The molecule has 6 nitrogen and oxygen atoms in total. The molecule has 0 heterocycles. The number of rotatable bonds is 4. The van der Waals surface area contributed by atoms with Crippen molar-refractivity contribution in [3.8, 4) is 0 Å². The Morgan fingerprint density at radius 1 is 1.31 bits per heavy atom. The molecule has 88 valence electrons. The van der Waals surface area contributed by atoms with Crippen molar-refractivity contribution in [2.24, 2.45) is 0 Å². The summed E-state index contributed by atoms with van der Waals surface area (Å²) >= 11 is 0. The fourth-order valence-corrected chi connectivity index (χ4v) is 1.90. The van der Waals surface area contributed by atoms with Crippen LogP contribution in [-0.2, 0) is 14.8 Å². The number of nitrogens with two attached hydrogens (primary N) is 1. The molecule has 0 radical (unpaired) electrons. The first-order chi connectivity index (χ1) is 7.39. The van der Waals surface area contributed by atoms with Gasteiger partial charge in [-0.1, -0.05) is 0 Å². The van der Waals surface area contributed by atoms with Crippen LogP contribution in [0.25, 0.3) is 0 Å². The van der Waals surface area contributed by atoms with Crippen molar-refractivity contribution in [3.63, 3.8) is 0 Å². The van der Waals surface area contributed by atoms with E-state index < -0.39 is 15.9 Å². The Bertz CT molecular complexity index is 467. The summed E-state index contributed by atoms with van der Waals surface area (Å²) in [5, 5.41) is 2.66. The summed E-state index contributed by atoms with van der Waals surface area (Å²) in [5.74, 6) is -0.977. The smallest absolute Gasteiger partial charge is 0.253 e. The fourth-order valence-electron chi connectivity index (χ4n) is 1.03. The molecule has 7 heteroatoms. The van der Waals surface area contributed by atoms with E-state index >= 15 is 0 Å². The summed E-state index contributed by atoms with van der Waals surface area (Å²) in [6, 6.07) is 6.60. The molecule has 0 aromatic heterocycles. The highest BCUT2D eigenvalue weighted by Crippen LogP contribution is 2.10. The Balaban J connectivity index is 2.58. The lowest BCUT2D eigenvalue weighted by molar-refractivity contribution is -0.117. The van der Waals surface area contributed by atoms with Crippen molar-refractivity contribution < 1.29 is 13.2 Å². The second-order valence-corrected chi connectivity index (χ2v) is 4.94. The minimum atomic E-state index is -3.63. The molecule has 0 saturated heterocycles. The lowest BCUT2D eigenvalue weighted by Crippen LogP contribution is -2.33. The zero-order valence-corrected chi connectivity index (χ0v) is 9.54. The van der Waals surface area contributed by atoms with Gasteiger partial charge in [0.15, 0.2) is 0 Å². The molecule has 0 spiro atoms. The third-order valence-electron chi connectivity index (χ3n) is 1.68. The van der Waals surface area contributed by atoms with Gasteiger partial charge < -0.3 is 11.1 Å². The Morgan fingerprint density at radius 3 is 2.38 bits per heavy atom. The van der Waals surface area contributed by atoms with E-state index in [4.69, 9.17) is 5.73 Å².